The first-order valence-electron chi connectivity index (χ1n) is 7.30. The van der Waals surface area contributed by atoms with E-state index in [0.29, 0.717) is 15.7 Å². The Balaban J connectivity index is 1.80. The number of benzene rings is 2. The summed E-state index contributed by atoms with van der Waals surface area (Å²) in [7, 11) is 0. The Kier molecular flexibility index (Phi) is 6.46. The zero-order chi connectivity index (χ0) is 17.5. The van der Waals surface area contributed by atoms with Crippen LogP contribution in [0.15, 0.2) is 48.5 Å². The van der Waals surface area contributed by atoms with E-state index in [0.717, 1.165) is 5.56 Å². The van der Waals surface area contributed by atoms with Gasteiger partial charge in [0.1, 0.15) is 0 Å². The van der Waals surface area contributed by atoms with Gasteiger partial charge in [-0.2, -0.15) is 0 Å². The van der Waals surface area contributed by atoms with Crippen molar-refractivity contribution in [2.24, 2.45) is 0 Å². The van der Waals surface area contributed by atoms with Crippen LogP contribution in [0, 0.1) is 0 Å². The molecule has 3 N–H and O–H groups in total. The summed E-state index contributed by atoms with van der Waals surface area (Å²) in [5.41, 5.74) is 1.48. The van der Waals surface area contributed by atoms with Crippen molar-refractivity contribution >= 4 is 40.8 Å². The standard InChI is InChI=1S/C17H17Cl2N3O2/c1-11(12-7-8-14(18)15(19)9-12)21-16(23)10-20-17(24)22-13-5-3-2-4-6-13/h2-9,11H,10H2,1H3,(H,21,23)(H2,20,22,24)/t11-/m0/s1. The molecule has 0 aromatic heterocycles. The normalized spacial score (nSPS) is 11.5. The zero-order valence-corrected chi connectivity index (χ0v) is 14.5. The minimum atomic E-state index is -0.446. The molecule has 0 unspecified atom stereocenters. The Morgan fingerprint density at radius 2 is 1.75 bits per heavy atom. The number of urea groups is 1. The summed E-state index contributed by atoms with van der Waals surface area (Å²) in [6, 6.07) is 13.4. The number of carbonyl (C=O) groups is 2. The average Bonchev–Trinajstić information content (AvgIpc) is 2.56. The number of anilines is 1. The fourth-order valence-corrected chi connectivity index (χ4v) is 2.32. The minimum absolute atomic E-state index is 0.135. The molecular formula is C17H17Cl2N3O2. The van der Waals surface area contributed by atoms with E-state index in [1.807, 2.05) is 13.0 Å². The van der Waals surface area contributed by atoms with Crippen molar-refractivity contribution in [3.05, 3.63) is 64.1 Å². The van der Waals surface area contributed by atoms with Gasteiger partial charge in [-0.15, -0.1) is 0 Å². The van der Waals surface area contributed by atoms with E-state index >= 15 is 0 Å². The van der Waals surface area contributed by atoms with E-state index in [9.17, 15) is 9.59 Å². The number of nitrogens with one attached hydrogen (secondary N) is 3. The molecule has 24 heavy (non-hydrogen) atoms. The maximum absolute atomic E-state index is 11.9. The molecule has 0 spiro atoms. The van der Waals surface area contributed by atoms with E-state index in [1.165, 1.54) is 0 Å². The van der Waals surface area contributed by atoms with E-state index in [-0.39, 0.29) is 18.5 Å². The lowest BCUT2D eigenvalue weighted by Gasteiger charge is -2.15. The van der Waals surface area contributed by atoms with E-state index in [1.54, 1.807) is 42.5 Å². The Morgan fingerprint density at radius 3 is 2.42 bits per heavy atom. The molecule has 1 atom stereocenters. The second kappa shape index (κ2) is 8.57. The summed E-state index contributed by atoms with van der Waals surface area (Å²) in [5, 5.41) is 8.79. The number of hydrogen-bond donors (Lipinski definition) is 3. The molecule has 3 amide bonds. The second-order valence-corrected chi connectivity index (χ2v) is 5.95. The number of para-hydroxylation sites is 1. The average molecular weight is 366 g/mol. The van der Waals surface area contributed by atoms with Crippen molar-refractivity contribution in [2.45, 2.75) is 13.0 Å². The highest BCUT2D eigenvalue weighted by molar-refractivity contribution is 6.42. The Hall–Kier alpha value is -2.24. The third-order valence-corrected chi connectivity index (χ3v) is 4.00. The number of hydrogen-bond acceptors (Lipinski definition) is 2. The highest BCUT2D eigenvalue weighted by Gasteiger charge is 2.12. The molecule has 0 saturated heterocycles. The highest BCUT2D eigenvalue weighted by Crippen LogP contribution is 2.25. The Labute approximate surface area is 150 Å². The van der Waals surface area contributed by atoms with Crippen LogP contribution in [0.1, 0.15) is 18.5 Å². The summed E-state index contributed by atoms with van der Waals surface area (Å²) in [4.78, 5) is 23.6. The molecule has 0 aliphatic heterocycles. The predicted octanol–water partition coefficient (Wildman–Crippen LogP) is 3.99. The van der Waals surface area contributed by atoms with Gasteiger partial charge in [0.2, 0.25) is 5.91 Å². The molecule has 7 heteroatoms. The SMILES string of the molecule is C[C@H](NC(=O)CNC(=O)Nc1ccccc1)c1ccc(Cl)c(Cl)c1. The van der Waals surface area contributed by atoms with Crippen molar-refractivity contribution in [3.8, 4) is 0 Å². The van der Waals surface area contributed by atoms with Crippen molar-refractivity contribution in [2.75, 3.05) is 11.9 Å². The highest BCUT2D eigenvalue weighted by atomic mass is 35.5. The van der Waals surface area contributed by atoms with Crippen LogP contribution in [0.3, 0.4) is 0 Å². The van der Waals surface area contributed by atoms with Crippen molar-refractivity contribution in [1.82, 2.24) is 10.6 Å². The summed E-state index contributed by atoms with van der Waals surface area (Å²) >= 11 is 11.8. The van der Waals surface area contributed by atoms with Crippen molar-refractivity contribution < 1.29 is 9.59 Å². The van der Waals surface area contributed by atoms with Gasteiger partial charge in [-0.1, -0.05) is 47.5 Å². The third kappa shape index (κ3) is 5.44. The van der Waals surface area contributed by atoms with Gasteiger partial charge < -0.3 is 16.0 Å². The van der Waals surface area contributed by atoms with Crippen LogP contribution in [0.2, 0.25) is 10.0 Å². The first kappa shape index (κ1) is 18.1. The summed E-state index contributed by atoms with van der Waals surface area (Å²) in [6.45, 7) is 1.69. The third-order valence-electron chi connectivity index (χ3n) is 3.26. The minimum Gasteiger partial charge on any atom is -0.348 e. The van der Waals surface area contributed by atoms with Crippen molar-refractivity contribution in [1.29, 1.82) is 0 Å². The van der Waals surface area contributed by atoms with Crippen LogP contribution in [-0.4, -0.2) is 18.5 Å². The molecule has 126 valence electrons. The van der Waals surface area contributed by atoms with Crippen LogP contribution in [0.5, 0.6) is 0 Å². The lowest BCUT2D eigenvalue weighted by Crippen LogP contribution is -2.39. The lowest BCUT2D eigenvalue weighted by molar-refractivity contribution is -0.120. The molecule has 0 fully saturated rings. The lowest BCUT2D eigenvalue weighted by atomic mass is 10.1. The second-order valence-electron chi connectivity index (χ2n) is 5.14. The summed E-state index contributed by atoms with van der Waals surface area (Å²) < 4.78 is 0. The first-order valence-corrected chi connectivity index (χ1v) is 8.05. The Morgan fingerprint density at radius 1 is 1.04 bits per heavy atom. The summed E-state index contributed by atoms with van der Waals surface area (Å²) in [5.74, 6) is -0.309. The first-order chi connectivity index (χ1) is 11.5. The van der Waals surface area contributed by atoms with E-state index < -0.39 is 6.03 Å². The van der Waals surface area contributed by atoms with Gasteiger partial charge in [0, 0.05) is 5.69 Å². The topological polar surface area (TPSA) is 70.2 Å². The fraction of sp³-hybridized carbons (Fsp3) is 0.176. The van der Waals surface area contributed by atoms with Gasteiger partial charge in [0.25, 0.3) is 0 Å². The molecule has 0 aliphatic rings. The van der Waals surface area contributed by atoms with Crippen LogP contribution < -0.4 is 16.0 Å². The number of halogens is 2. The van der Waals surface area contributed by atoms with Crippen molar-refractivity contribution in [3.63, 3.8) is 0 Å². The van der Waals surface area contributed by atoms with Gasteiger partial charge in [-0.3, -0.25) is 4.79 Å². The Bertz CT molecular complexity index is 723. The monoisotopic (exact) mass is 365 g/mol. The molecular weight excluding hydrogens is 349 g/mol. The maximum atomic E-state index is 11.9. The smallest absolute Gasteiger partial charge is 0.319 e. The molecule has 0 aliphatic carbocycles. The molecule has 5 nitrogen and oxygen atoms in total. The fourth-order valence-electron chi connectivity index (χ4n) is 2.01. The summed E-state index contributed by atoms with van der Waals surface area (Å²) in [6.07, 6.45) is 0. The van der Waals surface area contributed by atoms with Crippen LogP contribution in [0.25, 0.3) is 0 Å². The van der Waals surface area contributed by atoms with Crippen LogP contribution >= 0.6 is 23.2 Å². The molecule has 2 rings (SSSR count). The molecule has 0 saturated carbocycles. The molecule has 2 aromatic carbocycles. The maximum Gasteiger partial charge on any atom is 0.319 e. The zero-order valence-electron chi connectivity index (χ0n) is 13.0. The van der Waals surface area contributed by atoms with Gasteiger partial charge in [-0.25, -0.2) is 4.79 Å². The van der Waals surface area contributed by atoms with E-state index in [2.05, 4.69) is 16.0 Å². The predicted molar refractivity (Wildman–Crippen MR) is 96.5 cm³/mol. The number of carbonyl (C=O) groups excluding carboxylic acids is 2. The largest absolute Gasteiger partial charge is 0.348 e. The number of amides is 3. The van der Waals surface area contributed by atoms with Gasteiger partial charge in [0.15, 0.2) is 0 Å². The van der Waals surface area contributed by atoms with Gasteiger partial charge in [-0.05, 0) is 36.8 Å². The number of rotatable bonds is 5. The van der Waals surface area contributed by atoms with E-state index in [4.69, 9.17) is 23.2 Å². The molecule has 0 radical (unpaired) electrons. The molecule has 0 heterocycles. The molecule has 0 bridgehead atoms. The molecule has 2 aromatic rings. The van der Waals surface area contributed by atoms with Gasteiger partial charge >= 0.3 is 6.03 Å². The van der Waals surface area contributed by atoms with Gasteiger partial charge in [0.05, 0.1) is 22.6 Å². The quantitative estimate of drug-likeness (QED) is 0.749. The van der Waals surface area contributed by atoms with Crippen LogP contribution in [0.4, 0.5) is 10.5 Å². The van der Waals surface area contributed by atoms with Crippen LogP contribution in [-0.2, 0) is 4.79 Å².